The quantitative estimate of drug-likeness (QED) is 0.810. The highest BCUT2D eigenvalue weighted by atomic mass is 79.9. The summed E-state index contributed by atoms with van der Waals surface area (Å²) in [6.07, 6.45) is 0. The molecule has 2 rings (SSSR count). The van der Waals surface area contributed by atoms with Crippen molar-refractivity contribution in [2.45, 2.75) is 18.4 Å². The van der Waals surface area contributed by atoms with Crippen molar-refractivity contribution < 1.29 is 12.8 Å². The second kappa shape index (κ2) is 6.13. The first kappa shape index (κ1) is 15.9. The maximum Gasteiger partial charge on any atom is 0.243 e. The first-order valence-corrected chi connectivity index (χ1v) is 8.37. The molecule has 0 aliphatic heterocycles. The number of nitrogen functional groups attached to an aromatic ring is 1. The van der Waals surface area contributed by atoms with Gasteiger partial charge in [0.05, 0.1) is 0 Å². The van der Waals surface area contributed by atoms with E-state index in [-0.39, 0.29) is 12.2 Å². The van der Waals surface area contributed by atoms with E-state index in [4.69, 9.17) is 5.73 Å². The second-order valence-electron chi connectivity index (χ2n) is 4.61. The molecule has 0 bridgehead atoms. The van der Waals surface area contributed by atoms with Crippen LogP contribution in [0.4, 0.5) is 10.1 Å². The molecule has 0 spiro atoms. The van der Waals surface area contributed by atoms with Gasteiger partial charge in [0.25, 0.3) is 0 Å². The first-order valence-electron chi connectivity index (χ1n) is 6.09. The van der Waals surface area contributed by atoms with Gasteiger partial charge in [0.15, 0.2) is 0 Å². The highest BCUT2D eigenvalue weighted by Gasteiger charge is 2.20. The highest BCUT2D eigenvalue weighted by Crippen LogP contribution is 2.26. The molecular formula is C14H14BrFN2O2S. The van der Waals surface area contributed by atoms with Crippen LogP contribution in [-0.4, -0.2) is 8.42 Å². The standard InChI is InChI=1S/C14H14BrFN2O2S/c1-9-2-4-10(5-3-9)8-18-21(19,20)14-7-13(17)11(15)6-12(14)16/h2-7,18H,8,17H2,1H3. The predicted octanol–water partition coefficient (Wildman–Crippen LogP) is 2.96. The van der Waals surface area contributed by atoms with Crippen molar-refractivity contribution in [1.29, 1.82) is 0 Å². The third-order valence-electron chi connectivity index (χ3n) is 2.93. The van der Waals surface area contributed by atoms with E-state index >= 15 is 0 Å². The number of hydrogen-bond donors (Lipinski definition) is 2. The fraction of sp³-hybridized carbons (Fsp3) is 0.143. The van der Waals surface area contributed by atoms with Crippen LogP contribution < -0.4 is 10.5 Å². The van der Waals surface area contributed by atoms with E-state index in [0.29, 0.717) is 4.47 Å². The van der Waals surface area contributed by atoms with E-state index in [2.05, 4.69) is 20.7 Å². The van der Waals surface area contributed by atoms with E-state index in [1.165, 1.54) is 0 Å². The van der Waals surface area contributed by atoms with Gasteiger partial charge in [0, 0.05) is 16.7 Å². The molecule has 3 N–H and O–H groups in total. The fourth-order valence-corrected chi connectivity index (χ4v) is 3.14. The minimum atomic E-state index is -3.96. The van der Waals surface area contributed by atoms with Crippen LogP contribution in [-0.2, 0) is 16.6 Å². The number of anilines is 1. The SMILES string of the molecule is Cc1ccc(CNS(=O)(=O)c2cc(N)c(Br)cc2F)cc1. The van der Waals surface area contributed by atoms with Crippen LogP contribution >= 0.6 is 15.9 Å². The van der Waals surface area contributed by atoms with Gasteiger partial charge in [-0.15, -0.1) is 0 Å². The smallest absolute Gasteiger partial charge is 0.243 e. The van der Waals surface area contributed by atoms with Crippen LogP contribution in [0.5, 0.6) is 0 Å². The minimum absolute atomic E-state index is 0.0814. The first-order chi connectivity index (χ1) is 9.79. The van der Waals surface area contributed by atoms with E-state index in [1.807, 2.05) is 31.2 Å². The van der Waals surface area contributed by atoms with Crippen molar-refractivity contribution in [2.24, 2.45) is 0 Å². The molecule has 21 heavy (non-hydrogen) atoms. The summed E-state index contributed by atoms with van der Waals surface area (Å²) in [5.74, 6) is -0.854. The monoisotopic (exact) mass is 372 g/mol. The lowest BCUT2D eigenvalue weighted by molar-refractivity contribution is 0.556. The molecule has 0 aromatic heterocycles. The van der Waals surface area contributed by atoms with Crippen LogP contribution in [0.3, 0.4) is 0 Å². The van der Waals surface area contributed by atoms with Gasteiger partial charge in [0.2, 0.25) is 10.0 Å². The third kappa shape index (κ3) is 3.81. The summed E-state index contributed by atoms with van der Waals surface area (Å²) in [6.45, 7) is 2.02. The van der Waals surface area contributed by atoms with E-state index < -0.39 is 20.7 Å². The van der Waals surface area contributed by atoms with Crippen LogP contribution in [0.1, 0.15) is 11.1 Å². The maximum absolute atomic E-state index is 13.8. The zero-order chi connectivity index (χ0) is 15.6. The highest BCUT2D eigenvalue weighted by molar-refractivity contribution is 9.10. The van der Waals surface area contributed by atoms with Crippen molar-refractivity contribution in [3.05, 3.63) is 57.8 Å². The number of hydrogen-bond acceptors (Lipinski definition) is 3. The number of nitrogens with one attached hydrogen (secondary N) is 1. The molecule has 0 radical (unpaired) electrons. The molecule has 0 amide bonds. The van der Waals surface area contributed by atoms with Gasteiger partial charge in [-0.1, -0.05) is 29.8 Å². The van der Waals surface area contributed by atoms with Gasteiger partial charge in [-0.05, 0) is 40.5 Å². The van der Waals surface area contributed by atoms with Crippen molar-refractivity contribution in [3.8, 4) is 0 Å². The molecule has 112 valence electrons. The van der Waals surface area contributed by atoms with E-state index in [1.54, 1.807) is 0 Å². The Kier molecular flexibility index (Phi) is 4.65. The molecule has 0 saturated heterocycles. The van der Waals surface area contributed by atoms with Crippen molar-refractivity contribution >= 4 is 31.6 Å². The summed E-state index contributed by atoms with van der Waals surface area (Å²) >= 11 is 3.05. The van der Waals surface area contributed by atoms with Gasteiger partial charge in [-0.25, -0.2) is 17.5 Å². The van der Waals surface area contributed by atoms with Crippen molar-refractivity contribution in [3.63, 3.8) is 0 Å². The molecule has 7 heteroatoms. The van der Waals surface area contributed by atoms with Crippen molar-refractivity contribution in [1.82, 2.24) is 4.72 Å². The summed E-state index contributed by atoms with van der Waals surface area (Å²) in [7, 11) is -3.96. The lowest BCUT2D eigenvalue weighted by atomic mass is 10.2. The number of rotatable bonds is 4. The van der Waals surface area contributed by atoms with Gasteiger partial charge < -0.3 is 5.73 Å². The zero-order valence-electron chi connectivity index (χ0n) is 11.2. The molecule has 2 aromatic carbocycles. The molecule has 0 aliphatic carbocycles. The Bertz CT molecular complexity index is 761. The normalized spacial score (nSPS) is 11.6. The molecule has 2 aromatic rings. The second-order valence-corrected chi connectivity index (χ2v) is 7.20. The van der Waals surface area contributed by atoms with E-state index in [9.17, 15) is 12.8 Å². The average Bonchev–Trinajstić information content (AvgIpc) is 2.42. The predicted molar refractivity (Wildman–Crippen MR) is 83.7 cm³/mol. The van der Waals surface area contributed by atoms with Gasteiger partial charge in [-0.2, -0.15) is 0 Å². The van der Waals surface area contributed by atoms with Crippen LogP contribution in [0.15, 0.2) is 45.8 Å². The lowest BCUT2D eigenvalue weighted by Crippen LogP contribution is -2.24. The number of halogens is 2. The van der Waals surface area contributed by atoms with Crippen molar-refractivity contribution in [2.75, 3.05) is 5.73 Å². The number of benzene rings is 2. The largest absolute Gasteiger partial charge is 0.398 e. The number of nitrogens with two attached hydrogens (primary N) is 1. The fourth-order valence-electron chi connectivity index (χ4n) is 1.71. The Morgan fingerprint density at radius 2 is 1.86 bits per heavy atom. The van der Waals surface area contributed by atoms with Gasteiger partial charge in [-0.3, -0.25) is 0 Å². The summed E-state index contributed by atoms with van der Waals surface area (Å²) in [5, 5.41) is 0. The Hall–Kier alpha value is -1.44. The molecule has 0 aliphatic rings. The number of aryl methyl sites for hydroxylation is 1. The van der Waals surface area contributed by atoms with Crippen LogP contribution in [0, 0.1) is 12.7 Å². The van der Waals surface area contributed by atoms with Crippen LogP contribution in [0.25, 0.3) is 0 Å². The molecule has 0 fully saturated rings. The third-order valence-corrected chi connectivity index (χ3v) is 5.03. The van der Waals surface area contributed by atoms with Gasteiger partial charge in [0.1, 0.15) is 10.7 Å². The molecule has 0 atom stereocenters. The lowest BCUT2D eigenvalue weighted by Gasteiger charge is -2.09. The molecular weight excluding hydrogens is 359 g/mol. The van der Waals surface area contributed by atoms with Gasteiger partial charge >= 0.3 is 0 Å². The van der Waals surface area contributed by atoms with E-state index in [0.717, 1.165) is 23.3 Å². The topological polar surface area (TPSA) is 72.2 Å². The Morgan fingerprint density at radius 1 is 1.24 bits per heavy atom. The zero-order valence-corrected chi connectivity index (χ0v) is 13.6. The molecule has 0 heterocycles. The molecule has 0 saturated carbocycles. The number of sulfonamides is 1. The Balaban J connectivity index is 2.22. The van der Waals surface area contributed by atoms with Crippen LogP contribution in [0.2, 0.25) is 0 Å². The maximum atomic E-state index is 13.8. The minimum Gasteiger partial charge on any atom is -0.398 e. The summed E-state index contributed by atoms with van der Waals surface area (Å²) < 4.78 is 40.7. The average molecular weight is 373 g/mol. The summed E-state index contributed by atoms with van der Waals surface area (Å²) in [5.41, 5.74) is 7.63. The molecule has 4 nitrogen and oxygen atoms in total. The molecule has 0 unspecified atom stereocenters. The summed E-state index contributed by atoms with van der Waals surface area (Å²) in [4.78, 5) is -0.463. The summed E-state index contributed by atoms with van der Waals surface area (Å²) in [6, 6.07) is 9.50. The Morgan fingerprint density at radius 3 is 2.48 bits per heavy atom. The Labute approximate surface area is 131 Å².